The second kappa shape index (κ2) is 6.21. The maximum absolute atomic E-state index is 12.7. The van der Waals surface area contributed by atoms with E-state index in [1.807, 2.05) is 0 Å². The van der Waals surface area contributed by atoms with Crippen LogP contribution in [0.2, 0.25) is 0 Å². The molecular formula is C15H20N2O6S. The summed E-state index contributed by atoms with van der Waals surface area (Å²) in [4.78, 5) is 25.1. The van der Waals surface area contributed by atoms with Crippen molar-refractivity contribution in [1.29, 1.82) is 0 Å². The number of likely N-dealkylation sites (N-methyl/N-ethyl adjacent to an activating group) is 1. The van der Waals surface area contributed by atoms with Crippen LogP contribution < -0.4 is 0 Å². The van der Waals surface area contributed by atoms with E-state index in [1.54, 1.807) is 11.9 Å². The SMILES string of the molecule is CN(CC1CC1)C(=O)C1CCCN1S(=O)(=O)c1ccc(C(=O)O)o1. The monoisotopic (exact) mass is 356 g/mol. The standard InChI is InChI=1S/C15H20N2O6S/c1-16(9-10-4-5-10)14(18)11-3-2-8-17(11)24(21,22)13-7-6-12(23-13)15(19)20/h6-7,10-11H,2-5,8-9H2,1H3,(H,19,20). The van der Waals surface area contributed by atoms with Crippen LogP contribution in [0.5, 0.6) is 0 Å². The average Bonchev–Trinajstić information content (AvgIpc) is 3.05. The first-order valence-electron chi connectivity index (χ1n) is 7.90. The van der Waals surface area contributed by atoms with Gasteiger partial charge in [-0.2, -0.15) is 4.31 Å². The van der Waals surface area contributed by atoms with Crippen molar-refractivity contribution in [3.05, 3.63) is 17.9 Å². The molecule has 0 spiro atoms. The molecule has 24 heavy (non-hydrogen) atoms. The van der Waals surface area contributed by atoms with E-state index in [1.165, 1.54) is 0 Å². The van der Waals surface area contributed by atoms with Crippen LogP contribution in [0.1, 0.15) is 36.2 Å². The van der Waals surface area contributed by atoms with Crippen molar-refractivity contribution in [3.8, 4) is 0 Å². The Kier molecular flexibility index (Phi) is 4.39. The van der Waals surface area contributed by atoms with Crippen LogP contribution >= 0.6 is 0 Å². The molecule has 2 aliphatic rings. The maximum Gasteiger partial charge on any atom is 0.371 e. The summed E-state index contributed by atoms with van der Waals surface area (Å²) in [5, 5.41) is 8.43. The highest BCUT2D eigenvalue weighted by Gasteiger charge is 2.42. The van der Waals surface area contributed by atoms with E-state index in [4.69, 9.17) is 9.52 Å². The van der Waals surface area contributed by atoms with Crippen LogP contribution in [0.15, 0.2) is 21.6 Å². The highest BCUT2D eigenvalue weighted by atomic mass is 32.2. The molecule has 8 nitrogen and oxygen atoms in total. The minimum Gasteiger partial charge on any atom is -0.475 e. The minimum absolute atomic E-state index is 0.215. The molecule has 1 aromatic heterocycles. The number of sulfonamides is 1. The van der Waals surface area contributed by atoms with E-state index in [-0.39, 0.29) is 12.5 Å². The van der Waals surface area contributed by atoms with E-state index in [0.29, 0.717) is 25.3 Å². The Morgan fingerprint density at radius 2 is 2.04 bits per heavy atom. The Morgan fingerprint density at radius 3 is 2.62 bits per heavy atom. The van der Waals surface area contributed by atoms with Crippen molar-refractivity contribution in [2.45, 2.75) is 36.8 Å². The Labute approximate surface area is 140 Å². The summed E-state index contributed by atoms with van der Waals surface area (Å²) < 4.78 is 31.5. The molecular weight excluding hydrogens is 336 g/mol. The van der Waals surface area contributed by atoms with Gasteiger partial charge in [-0.1, -0.05) is 0 Å². The highest BCUT2D eigenvalue weighted by Crippen LogP contribution is 2.31. The summed E-state index contributed by atoms with van der Waals surface area (Å²) in [5.74, 6) is -1.47. The van der Waals surface area contributed by atoms with Crippen LogP contribution in [-0.2, 0) is 14.8 Å². The summed E-state index contributed by atoms with van der Waals surface area (Å²) in [6, 6.07) is 1.46. The first-order valence-corrected chi connectivity index (χ1v) is 9.34. The lowest BCUT2D eigenvalue weighted by Crippen LogP contribution is -2.46. The van der Waals surface area contributed by atoms with E-state index in [2.05, 4.69) is 0 Å². The molecule has 1 N–H and O–H groups in total. The molecule has 1 aliphatic heterocycles. The van der Waals surface area contributed by atoms with Crippen molar-refractivity contribution in [2.75, 3.05) is 20.1 Å². The highest BCUT2D eigenvalue weighted by molar-refractivity contribution is 7.89. The van der Waals surface area contributed by atoms with Crippen LogP contribution in [0.25, 0.3) is 0 Å². The van der Waals surface area contributed by atoms with Gasteiger partial charge in [0.05, 0.1) is 0 Å². The molecule has 1 saturated carbocycles. The van der Waals surface area contributed by atoms with Gasteiger partial charge in [0.1, 0.15) is 6.04 Å². The van der Waals surface area contributed by atoms with Crippen LogP contribution in [0.4, 0.5) is 0 Å². The zero-order valence-electron chi connectivity index (χ0n) is 13.3. The summed E-state index contributed by atoms with van der Waals surface area (Å²) in [7, 11) is -2.34. The maximum atomic E-state index is 12.7. The molecule has 132 valence electrons. The van der Waals surface area contributed by atoms with Gasteiger partial charge >= 0.3 is 5.97 Å². The van der Waals surface area contributed by atoms with E-state index in [9.17, 15) is 18.0 Å². The third kappa shape index (κ3) is 3.18. The molecule has 1 amide bonds. The zero-order chi connectivity index (χ0) is 17.5. The third-order valence-electron chi connectivity index (χ3n) is 4.45. The summed E-state index contributed by atoms with van der Waals surface area (Å²) in [5.41, 5.74) is 0. The fraction of sp³-hybridized carbons (Fsp3) is 0.600. The molecule has 3 rings (SSSR count). The van der Waals surface area contributed by atoms with Gasteiger partial charge in [0.15, 0.2) is 0 Å². The van der Waals surface area contributed by atoms with E-state index >= 15 is 0 Å². The summed E-state index contributed by atoms with van der Waals surface area (Å²) >= 11 is 0. The zero-order valence-corrected chi connectivity index (χ0v) is 14.2. The average molecular weight is 356 g/mol. The first kappa shape index (κ1) is 17.0. The lowest BCUT2D eigenvalue weighted by Gasteiger charge is -2.26. The van der Waals surface area contributed by atoms with Gasteiger partial charge in [0.25, 0.3) is 10.0 Å². The first-order chi connectivity index (χ1) is 11.3. The molecule has 1 unspecified atom stereocenters. The number of carboxylic acids is 1. The van der Waals surface area contributed by atoms with Crippen molar-refractivity contribution < 1.29 is 27.5 Å². The number of nitrogens with zero attached hydrogens (tertiary/aromatic N) is 2. The van der Waals surface area contributed by atoms with Gasteiger partial charge in [-0.05, 0) is 43.7 Å². The molecule has 1 saturated heterocycles. The fourth-order valence-corrected chi connectivity index (χ4v) is 4.56. The Morgan fingerprint density at radius 1 is 1.33 bits per heavy atom. The molecule has 1 aromatic rings. The predicted octanol–water partition coefficient (Wildman–Crippen LogP) is 0.999. The van der Waals surface area contributed by atoms with Crippen molar-refractivity contribution >= 4 is 21.9 Å². The van der Waals surface area contributed by atoms with E-state index < -0.39 is 32.9 Å². The van der Waals surface area contributed by atoms with Gasteiger partial charge in [-0.25, -0.2) is 13.2 Å². The van der Waals surface area contributed by atoms with E-state index in [0.717, 1.165) is 29.3 Å². The second-order valence-electron chi connectivity index (χ2n) is 6.36. The molecule has 0 aromatic carbocycles. The number of furan rings is 1. The molecule has 1 atom stereocenters. The number of hydrogen-bond acceptors (Lipinski definition) is 5. The Hall–Kier alpha value is -1.87. The Bertz CT molecular complexity index is 752. The number of amides is 1. The Balaban J connectivity index is 1.80. The lowest BCUT2D eigenvalue weighted by molar-refractivity contribution is -0.133. The molecule has 9 heteroatoms. The van der Waals surface area contributed by atoms with Crippen LogP contribution in [0, 0.1) is 5.92 Å². The number of carbonyl (C=O) groups is 2. The molecule has 0 bridgehead atoms. The quantitative estimate of drug-likeness (QED) is 0.814. The fourth-order valence-electron chi connectivity index (χ4n) is 3.00. The topological polar surface area (TPSA) is 108 Å². The summed E-state index contributed by atoms with van der Waals surface area (Å²) in [6.45, 7) is 0.867. The van der Waals surface area contributed by atoms with Crippen LogP contribution in [0.3, 0.4) is 0 Å². The van der Waals surface area contributed by atoms with Crippen molar-refractivity contribution in [2.24, 2.45) is 5.92 Å². The number of hydrogen-bond donors (Lipinski definition) is 1. The number of carbonyl (C=O) groups excluding carboxylic acids is 1. The minimum atomic E-state index is -4.04. The van der Waals surface area contributed by atoms with Crippen molar-refractivity contribution in [1.82, 2.24) is 9.21 Å². The molecule has 0 radical (unpaired) electrons. The molecule has 2 fully saturated rings. The van der Waals surface area contributed by atoms with Crippen LogP contribution in [-0.4, -0.2) is 60.8 Å². The second-order valence-corrected chi connectivity index (χ2v) is 8.18. The van der Waals surface area contributed by atoms with Gasteiger partial charge < -0.3 is 14.4 Å². The van der Waals surface area contributed by atoms with Crippen molar-refractivity contribution in [3.63, 3.8) is 0 Å². The normalized spacial score (nSPS) is 21.8. The van der Waals surface area contributed by atoms with Gasteiger partial charge in [0, 0.05) is 20.1 Å². The number of aromatic carboxylic acids is 1. The van der Waals surface area contributed by atoms with Gasteiger partial charge in [-0.15, -0.1) is 0 Å². The molecule has 1 aliphatic carbocycles. The van der Waals surface area contributed by atoms with Gasteiger partial charge in [0.2, 0.25) is 16.8 Å². The largest absolute Gasteiger partial charge is 0.475 e. The third-order valence-corrected chi connectivity index (χ3v) is 6.23. The number of carboxylic acid groups (broad SMARTS) is 1. The van der Waals surface area contributed by atoms with Gasteiger partial charge in [-0.3, -0.25) is 4.79 Å². The molecule has 2 heterocycles. The lowest BCUT2D eigenvalue weighted by atomic mass is 10.2. The smallest absolute Gasteiger partial charge is 0.371 e. The summed E-state index contributed by atoms with van der Waals surface area (Å²) in [6.07, 6.45) is 3.25. The number of rotatable bonds is 6. The predicted molar refractivity (Wildman–Crippen MR) is 82.9 cm³/mol.